The molecular weight excluding hydrogens is 757 g/mol. The average molecular weight is 806 g/mol. The molecule has 1 saturated heterocycles. The van der Waals surface area contributed by atoms with Crippen LogP contribution in [0.15, 0.2) is 83.8 Å². The first-order valence-corrected chi connectivity index (χ1v) is 20.8. The number of nitrogens with zero attached hydrogens (tertiary/aromatic N) is 3. The highest BCUT2D eigenvalue weighted by molar-refractivity contribution is 7.90. The van der Waals surface area contributed by atoms with E-state index in [0.717, 1.165) is 23.1 Å². The molecule has 1 amide bonds. The van der Waals surface area contributed by atoms with Crippen LogP contribution in [0.4, 0.5) is 9.18 Å². The van der Waals surface area contributed by atoms with Gasteiger partial charge in [-0.1, -0.05) is 54.1 Å². The number of alkyl carbamates (subject to hydrolysis) is 1. The van der Waals surface area contributed by atoms with E-state index in [1.54, 1.807) is 61.6 Å². The second-order valence-electron chi connectivity index (χ2n) is 15.5. The van der Waals surface area contributed by atoms with Gasteiger partial charge in [0.05, 0.1) is 27.2 Å². The summed E-state index contributed by atoms with van der Waals surface area (Å²) in [6, 6.07) is 20.8. The minimum Gasteiger partial charge on any atom is -0.445 e. The van der Waals surface area contributed by atoms with Crippen molar-refractivity contribution in [1.29, 1.82) is 0 Å². The molecule has 0 radical (unpaired) electrons. The minimum absolute atomic E-state index is 0.0334. The first kappa shape index (κ1) is 41.1. The number of carbonyl (C=O) groups excluding carboxylic acids is 1. The molecule has 1 aliphatic rings. The number of H-pyrrole nitrogens is 1. The molecule has 298 valence electrons. The predicted molar refractivity (Wildman–Crippen MR) is 217 cm³/mol. The van der Waals surface area contributed by atoms with Gasteiger partial charge >= 0.3 is 11.8 Å². The number of halogens is 2. The summed E-state index contributed by atoms with van der Waals surface area (Å²) in [6.07, 6.45) is 5.58. The average Bonchev–Trinajstić information content (AvgIpc) is 3.57. The molecule has 0 bridgehead atoms. The number of fused-ring (bicyclic) bond motifs is 1. The van der Waals surface area contributed by atoms with Crippen LogP contribution in [0.5, 0.6) is 0 Å². The number of ether oxygens (including phenoxy) is 1. The van der Waals surface area contributed by atoms with Gasteiger partial charge in [-0.2, -0.15) is 9.29 Å². The fraction of sp³-hybridized carbons (Fsp3) is 0.405. The Labute approximate surface area is 331 Å². The summed E-state index contributed by atoms with van der Waals surface area (Å²) in [6.45, 7) is 7.04. The van der Waals surface area contributed by atoms with Crippen molar-refractivity contribution in [2.24, 2.45) is 0 Å². The Balaban J connectivity index is 1.16. The molecule has 0 spiro atoms. The fourth-order valence-corrected chi connectivity index (χ4v) is 9.33. The molecule has 0 aliphatic carbocycles. The largest absolute Gasteiger partial charge is 0.445 e. The predicted octanol–water partition coefficient (Wildman–Crippen LogP) is 8.22. The van der Waals surface area contributed by atoms with Gasteiger partial charge in [0.25, 0.3) is 0 Å². The highest BCUT2D eigenvalue weighted by atomic mass is 35.5. The lowest BCUT2D eigenvalue weighted by Crippen LogP contribution is -2.51. The van der Waals surface area contributed by atoms with E-state index in [1.807, 2.05) is 49.4 Å². The standard InChI is InChI=1S/C42H49ClFN5O6S/c1-27(45-41(52)55-26-28-11-6-5-7-12-28)10-8-13-29-22-34(38(44)35(43)23-29)36-24-31-25-48(40(51)47-39(31)46-36)32-18-16-30(17-19-32)37-15-9-14-33(20-21-50)49(37)56(53,54)42(2,3)4/h5-7,11-12,16-19,22-25,27,33,37,50H,8-10,13-15,20-21,26H2,1-4H3,(H,45,52)(H,46,47,51)/t27-,33?,37-/m0/s1. The quantitative estimate of drug-likeness (QED) is 0.109. The highest BCUT2D eigenvalue weighted by Crippen LogP contribution is 2.41. The molecule has 1 aliphatic heterocycles. The third kappa shape index (κ3) is 9.18. The van der Waals surface area contributed by atoms with Crippen LogP contribution in [0.25, 0.3) is 28.0 Å². The Bertz CT molecular complexity index is 2320. The van der Waals surface area contributed by atoms with Crippen LogP contribution >= 0.6 is 11.6 Å². The molecule has 3 heterocycles. The van der Waals surface area contributed by atoms with Gasteiger partial charge in [-0.3, -0.25) is 4.57 Å². The first-order valence-electron chi connectivity index (χ1n) is 19.0. The van der Waals surface area contributed by atoms with Crippen LogP contribution in [0.3, 0.4) is 0 Å². The number of hydrogen-bond acceptors (Lipinski definition) is 7. The van der Waals surface area contributed by atoms with Crippen molar-refractivity contribution < 1.29 is 27.4 Å². The Morgan fingerprint density at radius 3 is 2.52 bits per heavy atom. The number of hydrogen-bond donors (Lipinski definition) is 3. The van der Waals surface area contributed by atoms with Crippen molar-refractivity contribution in [3.8, 4) is 16.9 Å². The van der Waals surface area contributed by atoms with E-state index in [-0.39, 0.29) is 41.5 Å². The molecule has 3 atom stereocenters. The van der Waals surface area contributed by atoms with Crippen molar-refractivity contribution in [3.63, 3.8) is 0 Å². The van der Waals surface area contributed by atoms with Gasteiger partial charge < -0.3 is 20.1 Å². The third-order valence-electron chi connectivity index (χ3n) is 10.3. The molecule has 5 aromatic rings. The molecular formula is C42H49ClFN5O6S. The van der Waals surface area contributed by atoms with Gasteiger partial charge in [0.2, 0.25) is 10.0 Å². The van der Waals surface area contributed by atoms with Gasteiger partial charge in [-0.25, -0.2) is 22.4 Å². The van der Waals surface area contributed by atoms with Crippen molar-refractivity contribution in [2.45, 2.75) is 102 Å². The van der Waals surface area contributed by atoms with Crippen LogP contribution in [-0.2, 0) is 27.8 Å². The number of rotatable bonds is 13. The molecule has 3 N–H and O–H groups in total. The number of aliphatic hydroxyl groups excluding tert-OH is 1. The summed E-state index contributed by atoms with van der Waals surface area (Å²) in [5, 5.41) is 13.1. The fourth-order valence-electron chi connectivity index (χ4n) is 7.29. The third-order valence-corrected chi connectivity index (χ3v) is 13.2. The topological polar surface area (TPSA) is 147 Å². The molecule has 1 unspecified atom stereocenters. The van der Waals surface area contributed by atoms with Gasteiger partial charge in [0.1, 0.15) is 12.3 Å². The summed E-state index contributed by atoms with van der Waals surface area (Å²) in [5.41, 5.74) is 3.44. The monoisotopic (exact) mass is 805 g/mol. The summed E-state index contributed by atoms with van der Waals surface area (Å²) < 4.78 is 50.4. The zero-order valence-corrected chi connectivity index (χ0v) is 33.7. The van der Waals surface area contributed by atoms with Crippen LogP contribution < -0.4 is 11.0 Å². The van der Waals surface area contributed by atoms with Crippen LogP contribution in [0.1, 0.15) is 89.0 Å². The number of aromatic nitrogens is 3. The number of aromatic amines is 1. The van der Waals surface area contributed by atoms with Crippen LogP contribution in [-0.4, -0.2) is 61.9 Å². The maximum absolute atomic E-state index is 15.5. The number of nitrogens with one attached hydrogen (secondary N) is 2. The lowest BCUT2D eigenvalue weighted by molar-refractivity contribution is 0.136. The van der Waals surface area contributed by atoms with E-state index in [2.05, 4.69) is 15.3 Å². The van der Waals surface area contributed by atoms with E-state index >= 15 is 4.39 Å². The van der Waals surface area contributed by atoms with Crippen LogP contribution in [0.2, 0.25) is 5.02 Å². The first-order chi connectivity index (χ1) is 26.7. The van der Waals surface area contributed by atoms with E-state index in [4.69, 9.17) is 16.3 Å². The number of sulfonamides is 1. The van der Waals surface area contributed by atoms with E-state index in [9.17, 15) is 23.1 Å². The molecule has 6 rings (SSSR count). The van der Waals surface area contributed by atoms with E-state index in [0.29, 0.717) is 55.3 Å². The molecule has 3 aromatic carbocycles. The van der Waals surface area contributed by atoms with Gasteiger partial charge in [-0.15, -0.1) is 0 Å². The van der Waals surface area contributed by atoms with Gasteiger partial charge in [-0.05, 0) is 120 Å². The molecule has 0 saturated carbocycles. The van der Waals surface area contributed by atoms with Crippen molar-refractivity contribution >= 4 is 38.8 Å². The smallest absolute Gasteiger partial charge is 0.407 e. The Kier molecular flexibility index (Phi) is 12.7. The Hall–Kier alpha value is -4.56. The highest BCUT2D eigenvalue weighted by Gasteiger charge is 2.45. The molecule has 1 fully saturated rings. The lowest BCUT2D eigenvalue weighted by Gasteiger charge is -2.44. The van der Waals surface area contributed by atoms with E-state index in [1.165, 1.54) is 4.57 Å². The summed E-state index contributed by atoms with van der Waals surface area (Å²) in [5.74, 6) is -0.601. The van der Waals surface area contributed by atoms with Crippen molar-refractivity contribution in [3.05, 3.63) is 117 Å². The maximum atomic E-state index is 15.5. The Morgan fingerprint density at radius 2 is 1.82 bits per heavy atom. The Morgan fingerprint density at radius 1 is 1.09 bits per heavy atom. The van der Waals surface area contributed by atoms with Crippen molar-refractivity contribution in [2.75, 3.05) is 6.61 Å². The van der Waals surface area contributed by atoms with E-state index < -0.39 is 38.4 Å². The minimum atomic E-state index is -3.71. The summed E-state index contributed by atoms with van der Waals surface area (Å²) in [4.78, 5) is 32.9. The molecule has 2 aromatic heterocycles. The molecule has 11 nitrogen and oxygen atoms in total. The number of piperidine rings is 1. The number of benzene rings is 3. The second-order valence-corrected chi connectivity index (χ2v) is 18.5. The summed E-state index contributed by atoms with van der Waals surface area (Å²) in [7, 11) is -3.71. The maximum Gasteiger partial charge on any atom is 0.407 e. The zero-order chi connectivity index (χ0) is 40.2. The number of aryl methyl sites for hydroxylation is 1. The van der Waals surface area contributed by atoms with Crippen molar-refractivity contribution in [1.82, 2.24) is 24.2 Å². The number of amides is 1. The zero-order valence-electron chi connectivity index (χ0n) is 32.1. The SMILES string of the molecule is C[C@@H](CCCc1cc(Cl)c(F)c(-c2cc3cn(-c4ccc([C@@H]5CCCC(CCO)N5S(=O)(=O)C(C)(C)C)cc4)c(=O)nc3[nH]2)c1)NC(=O)OCc1ccccc1. The second kappa shape index (κ2) is 17.3. The molecule has 56 heavy (non-hydrogen) atoms. The van der Waals surface area contributed by atoms with Gasteiger partial charge in [0, 0.05) is 35.8 Å². The number of aliphatic hydroxyl groups is 1. The number of carbonyl (C=O) groups is 1. The normalized spacial score (nSPS) is 17.2. The molecule has 14 heteroatoms. The van der Waals surface area contributed by atoms with Crippen LogP contribution in [0, 0.1) is 5.82 Å². The lowest BCUT2D eigenvalue weighted by atomic mass is 9.92. The summed E-state index contributed by atoms with van der Waals surface area (Å²) >= 11 is 6.36. The van der Waals surface area contributed by atoms with Gasteiger partial charge in [0.15, 0.2) is 5.82 Å².